The molecule has 0 amide bonds. The second-order valence-corrected chi connectivity index (χ2v) is 5.67. The van der Waals surface area contributed by atoms with Gasteiger partial charge in [0.05, 0.1) is 0 Å². The molecule has 0 saturated heterocycles. The number of carbonyl (C=O) groups excluding carboxylic acids is 1. The van der Waals surface area contributed by atoms with Gasteiger partial charge < -0.3 is 0 Å². The van der Waals surface area contributed by atoms with Crippen LogP contribution in [-0.4, -0.2) is 5.78 Å². The van der Waals surface area contributed by atoms with Crippen molar-refractivity contribution in [2.75, 3.05) is 0 Å². The molecule has 1 heterocycles. The van der Waals surface area contributed by atoms with E-state index < -0.39 is 0 Å². The van der Waals surface area contributed by atoms with E-state index >= 15 is 0 Å². The fourth-order valence-electron chi connectivity index (χ4n) is 1.64. The van der Waals surface area contributed by atoms with Crippen molar-refractivity contribution < 1.29 is 4.79 Å². The maximum atomic E-state index is 11.8. The summed E-state index contributed by atoms with van der Waals surface area (Å²) in [5.41, 5.74) is 2.35. The van der Waals surface area contributed by atoms with E-state index in [1.165, 1.54) is 5.56 Å². The number of carbonyl (C=O) groups is 1. The molecule has 1 aromatic carbocycles. The largest absolute Gasteiger partial charge is 0.299 e. The van der Waals surface area contributed by atoms with E-state index in [1.807, 2.05) is 24.3 Å². The fourth-order valence-corrected chi connectivity index (χ4v) is 2.60. The molecule has 2 rings (SSSR count). The number of hydrogen-bond acceptors (Lipinski definition) is 2. The van der Waals surface area contributed by atoms with Gasteiger partial charge in [0.15, 0.2) is 0 Å². The molecule has 0 atom stereocenters. The van der Waals surface area contributed by atoms with Gasteiger partial charge in [0.1, 0.15) is 5.78 Å². The summed E-state index contributed by atoms with van der Waals surface area (Å²) in [6, 6.07) is 10.0. The molecule has 0 saturated carbocycles. The molecule has 1 nitrogen and oxygen atoms in total. The molecule has 2 aromatic rings. The lowest BCUT2D eigenvalue weighted by molar-refractivity contribution is -0.118. The second kappa shape index (κ2) is 6.12. The van der Waals surface area contributed by atoms with Crippen LogP contribution in [0.4, 0.5) is 0 Å². The monoisotopic (exact) mass is 308 g/mol. The van der Waals surface area contributed by atoms with Gasteiger partial charge in [-0.3, -0.25) is 4.79 Å². The van der Waals surface area contributed by atoms with Crippen LogP contribution >= 0.6 is 27.3 Å². The second-order valence-electron chi connectivity index (χ2n) is 3.97. The molecule has 0 N–H and O–H groups in total. The van der Waals surface area contributed by atoms with E-state index in [-0.39, 0.29) is 0 Å². The Morgan fingerprint density at radius 3 is 2.53 bits per heavy atom. The first-order valence-corrected chi connectivity index (χ1v) is 7.25. The molecule has 0 aliphatic rings. The average molecular weight is 309 g/mol. The predicted octanol–water partition coefficient (Wildman–Crippen LogP) is 4.26. The Morgan fingerprint density at radius 1 is 1.12 bits per heavy atom. The van der Waals surface area contributed by atoms with Crippen LogP contribution in [0.5, 0.6) is 0 Å². The van der Waals surface area contributed by atoms with Gasteiger partial charge in [-0.05, 0) is 46.5 Å². The first kappa shape index (κ1) is 12.5. The zero-order chi connectivity index (χ0) is 12.1. The van der Waals surface area contributed by atoms with Crippen molar-refractivity contribution in [1.29, 1.82) is 0 Å². The fraction of sp³-hybridized carbons (Fsp3) is 0.214. The summed E-state index contributed by atoms with van der Waals surface area (Å²) >= 11 is 5.07. The number of aryl methyl sites for hydroxylation is 1. The minimum absolute atomic E-state index is 0.304. The molecule has 0 spiro atoms. The normalized spacial score (nSPS) is 10.4. The number of Topliss-reactive ketones (excluding diaryl/α,β-unsaturated/α-hetero) is 1. The number of thiophene rings is 1. The summed E-state index contributed by atoms with van der Waals surface area (Å²) in [6.45, 7) is 0. The van der Waals surface area contributed by atoms with Crippen LogP contribution in [-0.2, 0) is 17.6 Å². The van der Waals surface area contributed by atoms with E-state index in [2.05, 4.69) is 32.8 Å². The summed E-state index contributed by atoms with van der Waals surface area (Å²) < 4.78 is 1.05. The van der Waals surface area contributed by atoms with Crippen LogP contribution in [0.1, 0.15) is 17.5 Å². The number of rotatable bonds is 5. The number of halogens is 1. The Labute approximate surface area is 114 Å². The third kappa shape index (κ3) is 4.10. The average Bonchev–Trinajstić information content (AvgIpc) is 2.83. The predicted molar refractivity (Wildman–Crippen MR) is 75.5 cm³/mol. The summed E-state index contributed by atoms with van der Waals surface area (Å²) in [4.78, 5) is 11.8. The highest BCUT2D eigenvalue weighted by Crippen LogP contribution is 2.13. The summed E-state index contributed by atoms with van der Waals surface area (Å²) in [6.07, 6.45) is 2.03. The molecule has 0 bridgehead atoms. The summed E-state index contributed by atoms with van der Waals surface area (Å²) in [5, 5.41) is 4.15. The zero-order valence-electron chi connectivity index (χ0n) is 9.36. The van der Waals surface area contributed by atoms with Crippen LogP contribution in [0.2, 0.25) is 0 Å². The minimum atomic E-state index is 0.304. The van der Waals surface area contributed by atoms with Crippen LogP contribution < -0.4 is 0 Å². The van der Waals surface area contributed by atoms with E-state index in [4.69, 9.17) is 0 Å². The lowest BCUT2D eigenvalue weighted by Crippen LogP contribution is -2.03. The zero-order valence-corrected chi connectivity index (χ0v) is 11.8. The SMILES string of the molecule is O=C(CCc1ccsc1)Cc1ccc(Br)cc1. The van der Waals surface area contributed by atoms with E-state index in [0.717, 1.165) is 16.5 Å². The Kier molecular flexibility index (Phi) is 4.51. The Hall–Kier alpha value is -0.930. The number of benzene rings is 1. The molecule has 88 valence electrons. The van der Waals surface area contributed by atoms with Gasteiger partial charge in [-0.15, -0.1) is 0 Å². The molecular weight excluding hydrogens is 296 g/mol. The molecule has 0 unspecified atom stereocenters. The van der Waals surface area contributed by atoms with Gasteiger partial charge in [0.2, 0.25) is 0 Å². The minimum Gasteiger partial charge on any atom is -0.299 e. The maximum absolute atomic E-state index is 11.8. The van der Waals surface area contributed by atoms with Crippen molar-refractivity contribution in [3.63, 3.8) is 0 Å². The Morgan fingerprint density at radius 2 is 1.88 bits per heavy atom. The highest BCUT2D eigenvalue weighted by molar-refractivity contribution is 9.10. The first-order valence-electron chi connectivity index (χ1n) is 5.51. The molecular formula is C14H13BrOS. The van der Waals surface area contributed by atoms with Crippen LogP contribution in [0.25, 0.3) is 0 Å². The van der Waals surface area contributed by atoms with Gasteiger partial charge in [0, 0.05) is 17.3 Å². The smallest absolute Gasteiger partial charge is 0.137 e. The Bertz CT molecular complexity index is 473. The van der Waals surface area contributed by atoms with E-state index in [1.54, 1.807) is 11.3 Å². The van der Waals surface area contributed by atoms with E-state index in [9.17, 15) is 4.79 Å². The van der Waals surface area contributed by atoms with Crippen molar-refractivity contribution >= 4 is 33.0 Å². The standard InChI is InChI=1S/C14H13BrOS/c15-13-4-1-11(2-5-13)9-14(16)6-3-12-7-8-17-10-12/h1-2,4-5,7-8,10H,3,6,9H2. The first-order chi connectivity index (χ1) is 8.24. The van der Waals surface area contributed by atoms with Crippen LogP contribution in [0, 0.1) is 0 Å². The van der Waals surface area contributed by atoms with Crippen molar-refractivity contribution in [3.8, 4) is 0 Å². The number of ketones is 1. The summed E-state index contributed by atoms with van der Waals surface area (Å²) in [5.74, 6) is 0.304. The topological polar surface area (TPSA) is 17.1 Å². The molecule has 0 aliphatic heterocycles. The van der Waals surface area contributed by atoms with E-state index in [0.29, 0.717) is 18.6 Å². The quantitative estimate of drug-likeness (QED) is 0.807. The van der Waals surface area contributed by atoms with Crippen LogP contribution in [0.3, 0.4) is 0 Å². The van der Waals surface area contributed by atoms with Gasteiger partial charge >= 0.3 is 0 Å². The van der Waals surface area contributed by atoms with Crippen molar-refractivity contribution in [2.24, 2.45) is 0 Å². The molecule has 0 fully saturated rings. The molecule has 0 radical (unpaired) electrons. The highest BCUT2D eigenvalue weighted by atomic mass is 79.9. The maximum Gasteiger partial charge on any atom is 0.137 e. The third-order valence-electron chi connectivity index (χ3n) is 2.59. The van der Waals surface area contributed by atoms with Gasteiger partial charge in [-0.2, -0.15) is 11.3 Å². The molecule has 1 aromatic heterocycles. The van der Waals surface area contributed by atoms with Gasteiger partial charge in [0.25, 0.3) is 0 Å². The highest BCUT2D eigenvalue weighted by Gasteiger charge is 2.04. The molecule has 17 heavy (non-hydrogen) atoms. The van der Waals surface area contributed by atoms with Gasteiger partial charge in [-0.1, -0.05) is 28.1 Å². The lowest BCUT2D eigenvalue weighted by atomic mass is 10.0. The summed E-state index contributed by atoms with van der Waals surface area (Å²) in [7, 11) is 0. The number of hydrogen-bond donors (Lipinski definition) is 0. The van der Waals surface area contributed by atoms with Gasteiger partial charge in [-0.25, -0.2) is 0 Å². The molecule has 0 aliphatic carbocycles. The Balaban J connectivity index is 1.83. The molecule has 3 heteroatoms. The third-order valence-corrected chi connectivity index (χ3v) is 3.85. The lowest BCUT2D eigenvalue weighted by Gasteiger charge is -2.01. The van der Waals surface area contributed by atoms with Crippen molar-refractivity contribution in [3.05, 3.63) is 56.7 Å². The van der Waals surface area contributed by atoms with Crippen molar-refractivity contribution in [2.45, 2.75) is 19.3 Å². The van der Waals surface area contributed by atoms with Crippen molar-refractivity contribution in [1.82, 2.24) is 0 Å². The van der Waals surface area contributed by atoms with Crippen LogP contribution in [0.15, 0.2) is 45.6 Å².